The number of unbranched alkanes of at least 4 members (excludes halogenated alkanes) is 4. The Morgan fingerprint density at radius 1 is 0.933 bits per heavy atom. The van der Waals surface area contributed by atoms with Crippen molar-refractivity contribution in [2.45, 2.75) is 97.5 Å². The second-order valence-electron chi connectivity index (χ2n) is 8.74. The summed E-state index contributed by atoms with van der Waals surface area (Å²) in [7, 11) is 0. The maximum absolute atomic E-state index is 11.8. The average molecular weight is 413 g/mol. The van der Waals surface area contributed by atoms with Crippen LogP contribution in [-0.4, -0.2) is 11.8 Å². The summed E-state index contributed by atoms with van der Waals surface area (Å²) < 4.78 is 5.29. The van der Waals surface area contributed by atoms with E-state index in [1.165, 1.54) is 63.4 Å². The van der Waals surface area contributed by atoms with E-state index in [0.29, 0.717) is 24.2 Å². The molecule has 2 fully saturated rings. The number of esters is 1. The van der Waals surface area contributed by atoms with Crippen LogP contribution in [0.4, 0.5) is 0 Å². The Labute approximate surface area is 183 Å². The Bertz CT molecular complexity index is 662. The van der Waals surface area contributed by atoms with Crippen molar-refractivity contribution in [3.05, 3.63) is 47.5 Å². The zero-order chi connectivity index (χ0) is 21.6. The van der Waals surface area contributed by atoms with E-state index in [9.17, 15) is 9.59 Å². The van der Waals surface area contributed by atoms with Gasteiger partial charge in [-0.2, -0.15) is 0 Å². The Balaban J connectivity index is 0.000000269. The third-order valence-electron chi connectivity index (χ3n) is 6.34. The molecule has 3 nitrogen and oxygen atoms in total. The van der Waals surface area contributed by atoms with Crippen LogP contribution in [0.1, 0.15) is 96.5 Å². The molecule has 0 amide bonds. The summed E-state index contributed by atoms with van der Waals surface area (Å²) in [6.07, 6.45) is 16.1. The van der Waals surface area contributed by atoms with Crippen molar-refractivity contribution in [2.75, 3.05) is 0 Å². The fourth-order valence-corrected chi connectivity index (χ4v) is 4.01. The van der Waals surface area contributed by atoms with E-state index < -0.39 is 0 Å². The van der Waals surface area contributed by atoms with Crippen molar-refractivity contribution in [3.8, 4) is 0 Å². The van der Waals surface area contributed by atoms with Crippen LogP contribution in [0.3, 0.4) is 0 Å². The highest BCUT2D eigenvalue weighted by atomic mass is 16.5. The number of hydrogen-bond acceptors (Lipinski definition) is 3. The number of rotatable bonds is 11. The first-order valence-corrected chi connectivity index (χ1v) is 12.1. The average Bonchev–Trinajstić information content (AvgIpc) is 2.76. The van der Waals surface area contributed by atoms with Crippen LogP contribution in [0.2, 0.25) is 0 Å². The summed E-state index contributed by atoms with van der Waals surface area (Å²) in [5, 5.41) is 0. The van der Waals surface area contributed by atoms with E-state index in [0.717, 1.165) is 24.8 Å². The van der Waals surface area contributed by atoms with Crippen LogP contribution in [0.25, 0.3) is 0 Å². The van der Waals surface area contributed by atoms with Crippen molar-refractivity contribution < 1.29 is 14.3 Å². The van der Waals surface area contributed by atoms with Crippen molar-refractivity contribution in [1.82, 2.24) is 0 Å². The molecular weight excluding hydrogens is 372 g/mol. The number of Topliss-reactive ketones (excluding diaryl/α,β-unsaturated/α-hetero) is 1. The van der Waals surface area contributed by atoms with E-state index in [-0.39, 0.29) is 5.97 Å². The van der Waals surface area contributed by atoms with Crippen LogP contribution < -0.4 is 0 Å². The fourth-order valence-electron chi connectivity index (χ4n) is 4.01. The first-order valence-electron chi connectivity index (χ1n) is 12.1. The van der Waals surface area contributed by atoms with Gasteiger partial charge in [-0.1, -0.05) is 88.3 Å². The molecule has 0 radical (unpaired) electrons. The van der Waals surface area contributed by atoms with Gasteiger partial charge in [0.2, 0.25) is 0 Å². The number of carbonyl (C=O) groups excluding carboxylic acids is 2. The molecule has 2 saturated carbocycles. The summed E-state index contributed by atoms with van der Waals surface area (Å²) in [6.45, 7) is 4.78. The molecule has 2 aliphatic rings. The number of ether oxygens (including phenoxy) is 1. The van der Waals surface area contributed by atoms with Crippen LogP contribution in [0.15, 0.2) is 42.0 Å². The SMILES string of the molecule is CCCCCC1CC/C1=C/C(=O)OCc1ccccc1.CCCCCC1CCC1=O. The lowest BCUT2D eigenvalue weighted by Gasteiger charge is -2.29. The van der Waals surface area contributed by atoms with E-state index in [1.54, 1.807) is 6.08 Å². The van der Waals surface area contributed by atoms with Gasteiger partial charge in [-0.3, -0.25) is 4.79 Å². The third-order valence-corrected chi connectivity index (χ3v) is 6.34. The zero-order valence-electron chi connectivity index (χ0n) is 19.0. The van der Waals surface area contributed by atoms with Gasteiger partial charge >= 0.3 is 5.97 Å². The Hall–Kier alpha value is -1.90. The fraction of sp³-hybridized carbons (Fsp3) is 0.630. The van der Waals surface area contributed by atoms with Crippen LogP contribution in [-0.2, 0) is 20.9 Å². The van der Waals surface area contributed by atoms with Crippen LogP contribution >= 0.6 is 0 Å². The molecule has 0 bridgehead atoms. The Morgan fingerprint density at radius 2 is 1.57 bits per heavy atom. The normalized spacial score (nSPS) is 21.3. The minimum atomic E-state index is -0.191. The molecule has 2 atom stereocenters. The monoisotopic (exact) mass is 412 g/mol. The largest absolute Gasteiger partial charge is 0.458 e. The maximum Gasteiger partial charge on any atom is 0.331 e. The molecule has 0 saturated heterocycles. The van der Waals surface area contributed by atoms with Crippen molar-refractivity contribution in [2.24, 2.45) is 11.8 Å². The number of benzene rings is 1. The molecule has 0 aromatic heterocycles. The second-order valence-corrected chi connectivity index (χ2v) is 8.74. The smallest absolute Gasteiger partial charge is 0.331 e. The van der Waals surface area contributed by atoms with E-state index >= 15 is 0 Å². The lowest BCUT2D eigenvalue weighted by atomic mass is 9.76. The molecule has 2 aliphatic carbocycles. The maximum atomic E-state index is 11.8. The molecule has 0 spiro atoms. The molecule has 0 heterocycles. The van der Waals surface area contributed by atoms with Crippen molar-refractivity contribution in [1.29, 1.82) is 0 Å². The molecule has 1 aromatic carbocycles. The minimum Gasteiger partial charge on any atom is -0.458 e. The van der Waals surface area contributed by atoms with E-state index in [2.05, 4.69) is 13.8 Å². The predicted octanol–water partition coefficient (Wildman–Crippen LogP) is 7.19. The van der Waals surface area contributed by atoms with E-state index in [1.807, 2.05) is 30.3 Å². The molecule has 30 heavy (non-hydrogen) atoms. The van der Waals surface area contributed by atoms with Gasteiger partial charge in [-0.25, -0.2) is 4.79 Å². The highest BCUT2D eigenvalue weighted by Crippen LogP contribution is 2.37. The van der Waals surface area contributed by atoms with Gasteiger partial charge < -0.3 is 4.74 Å². The lowest BCUT2D eigenvalue weighted by Crippen LogP contribution is -2.25. The first kappa shape index (κ1) is 24.4. The molecular formula is C27H40O3. The quantitative estimate of drug-likeness (QED) is 0.219. The Morgan fingerprint density at radius 3 is 2.07 bits per heavy atom. The van der Waals surface area contributed by atoms with Gasteiger partial charge in [0.15, 0.2) is 0 Å². The predicted molar refractivity (Wildman–Crippen MR) is 123 cm³/mol. The number of allylic oxidation sites excluding steroid dienone is 1. The molecule has 2 unspecified atom stereocenters. The van der Waals surface area contributed by atoms with Gasteiger partial charge in [0.25, 0.3) is 0 Å². The minimum absolute atomic E-state index is 0.191. The van der Waals surface area contributed by atoms with E-state index in [4.69, 9.17) is 4.74 Å². The summed E-state index contributed by atoms with van der Waals surface area (Å²) in [5.41, 5.74) is 2.33. The highest BCUT2D eigenvalue weighted by molar-refractivity contribution is 5.86. The van der Waals surface area contributed by atoms with Gasteiger partial charge in [-0.15, -0.1) is 0 Å². The molecule has 1 aromatic rings. The summed E-state index contributed by atoms with van der Waals surface area (Å²) in [4.78, 5) is 22.6. The van der Waals surface area contributed by atoms with Crippen LogP contribution in [0.5, 0.6) is 0 Å². The molecule has 166 valence electrons. The highest BCUT2D eigenvalue weighted by Gasteiger charge is 2.26. The zero-order valence-corrected chi connectivity index (χ0v) is 19.0. The topological polar surface area (TPSA) is 43.4 Å². The van der Waals surface area contributed by atoms with Gasteiger partial charge in [-0.05, 0) is 43.6 Å². The summed E-state index contributed by atoms with van der Waals surface area (Å²) >= 11 is 0. The molecule has 3 rings (SSSR count). The molecule has 3 heteroatoms. The lowest BCUT2D eigenvalue weighted by molar-refractivity contribution is -0.139. The summed E-state index contributed by atoms with van der Waals surface area (Å²) in [5.74, 6) is 1.41. The molecule has 0 N–H and O–H groups in total. The molecule has 0 aliphatic heterocycles. The first-order chi connectivity index (χ1) is 14.6. The number of carbonyl (C=O) groups is 2. The second kappa shape index (κ2) is 14.2. The summed E-state index contributed by atoms with van der Waals surface area (Å²) in [6, 6.07) is 9.81. The van der Waals surface area contributed by atoms with Crippen molar-refractivity contribution in [3.63, 3.8) is 0 Å². The van der Waals surface area contributed by atoms with Gasteiger partial charge in [0.05, 0.1) is 0 Å². The number of hydrogen-bond donors (Lipinski definition) is 0. The Kier molecular flexibility index (Phi) is 11.5. The standard InChI is InChI=1S/C18H24O2.C9H16O/c1-2-3-5-10-16-11-12-17(16)13-18(19)20-14-15-8-6-4-7-9-15;1-2-3-4-5-8-6-7-9(8)10/h4,6-9,13,16H,2-3,5,10-12,14H2,1H3;8H,2-7H2,1H3/b17-13-;. The van der Waals surface area contributed by atoms with Gasteiger partial charge in [0.1, 0.15) is 12.4 Å². The van der Waals surface area contributed by atoms with Crippen molar-refractivity contribution >= 4 is 11.8 Å². The van der Waals surface area contributed by atoms with Gasteiger partial charge in [0, 0.05) is 18.4 Å². The van der Waals surface area contributed by atoms with Crippen LogP contribution in [0, 0.1) is 11.8 Å². The third kappa shape index (κ3) is 8.85. The number of ketones is 1.